The maximum absolute atomic E-state index is 5.33. The number of hydrogen-bond donors (Lipinski definition) is 2. The Kier molecular flexibility index (Phi) is 5.45. The third kappa shape index (κ3) is 4.13. The van der Waals surface area contributed by atoms with Gasteiger partial charge in [0.15, 0.2) is 5.82 Å². The van der Waals surface area contributed by atoms with Crippen LogP contribution in [0.2, 0.25) is 0 Å². The van der Waals surface area contributed by atoms with E-state index >= 15 is 0 Å². The maximum atomic E-state index is 5.33. The van der Waals surface area contributed by atoms with Crippen LogP contribution in [0.4, 0.5) is 5.82 Å². The molecule has 0 aliphatic rings. The molecule has 1 aromatic carbocycles. The van der Waals surface area contributed by atoms with E-state index in [0.29, 0.717) is 17.3 Å². The summed E-state index contributed by atoms with van der Waals surface area (Å²) in [5.74, 6) is 1.97. The van der Waals surface area contributed by atoms with E-state index < -0.39 is 0 Å². The Hall–Kier alpha value is -4.26. The molecule has 7 heteroatoms. The van der Waals surface area contributed by atoms with Crippen LogP contribution in [0.3, 0.4) is 0 Å². The number of rotatable bonds is 7. The summed E-state index contributed by atoms with van der Waals surface area (Å²) in [5.41, 5.74) is 4.73. The van der Waals surface area contributed by atoms with Gasteiger partial charge in [-0.2, -0.15) is 0 Å². The van der Waals surface area contributed by atoms with E-state index in [1.165, 1.54) is 10.9 Å². The minimum Gasteiger partial charge on any atom is -0.495 e. The zero-order valence-corrected chi connectivity index (χ0v) is 17.6. The lowest BCUT2D eigenvalue weighted by Gasteiger charge is -2.10. The number of aromatic nitrogens is 5. The van der Waals surface area contributed by atoms with Crippen molar-refractivity contribution in [2.75, 3.05) is 19.0 Å². The quantitative estimate of drug-likeness (QED) is 0.394. The van der Waals surface area contributed by atoms with Gasteiger partial charge in [-0.1, -0.05) is 24.3 Å². The first-order chi connectivity index (χ1) is 15.8. The van der Waals surface area contributed by atoms with Crippen molar-refractivity contribution in [3.8, 4) is 28.5 Å². The molecule has 0 spiro atoms. The van der Waals surface area contributed by atoms with Crippen LogP contribution in [-0.4, -0.2) is 38.6 Å². The highest BCUT2D eigenvalue weighted by molar-refractivity contribution is 5.83. The SMILES string of the molecule is COc1cncc(-c2cc(NCCc3c[nH]c4ccccc34)nc(-c3ccccn3)n2)c1. The second-order valence-corrected chi connectivity index (χ2v) is 7.33. The lowest BCUT2D eigenvalue weighted by atomic mass is 10.1. The minimum absolute atomic E-state index is 0.556. The van der Waals surface area contributed by atoms with Crippen LogP contribution in [0, 0.1) is 0 Å². The van der Waals surface area contributed by atoms with Gasteiger partial charge in [-0.3, -0.25) is 9.97 Å². The smallest absolute Gasteiger partial charge is 0.180 e. The van der Waals surface area contributed by atoms with E-state index in [-0.39, 0.29) is 0 Å². The van der Waals surface area contributed by atoms with Crippen molar-refractivity contribution in [1.29, 1.82) is 0 Å². The Balaban J connectivity index is 1.44. The number of para-hydroxylation sites is 1. The summed E-state index contributed by atoms with van der Waals surface area (Å²) in [4.78, 5) is 21.5. The van der Waals surface area contributed by atoms with E-state index in [1.54, 1.807) is 25.7 Å². The van der Waals surface area contributed by atoms with Crippen LogP contribution in [0.1, 0.15) is 5.56 Å². The van der Waals surface area contributed by atoms with Crippen molar-refractivity contribution >= 4 is 16.7 Å². The summed E-state index contributed by atoms with van der Waals surface area (Å²) >= 11 is 0. The molecule has 0 unspecified atom stereocenters. The highest BCUT2D eigenvalue weighted by Gasteiger charge is 2.11. The zero-order chi connectivity index (χ0) is 21.8. The molecule has 0 bridgehead atoms. The normalized spacial score (nSPS) is 10.9. The van der Waals surface area contributed by atoms with Crippen LogP contribution in [0.25, 0.3) is 33.7 Å². The summed E-state index contributed by atoms with van der Waals surface area (Å²) in [5, 5.41) is 4.70. The number of nitrogens with one attached hydrogen (secondary N) is 2. The maximum Gasteiger partial charge on any atom is 0.180 e. The minimum atomic E-state index is 0.556. The lowest BCUT2D eigenvalue weighted by Crippen LogP contribution is -2.08. The van der Waals surface area contributed by atoms with Gasteiger partial charge in [0.05, 0.1) is 19.0 Å². The van der Waals surface area contributed by atoms with Gasteiger partial charge in [0.2, 0.25) is 0 Å². The molecular formula is C25H22N6O. The Morgan fingerprint density at radius 2 is 1.88 bits per heavy atom. The van der Waals surface area contributed by atoms with Crippen LogP contribution in [0.15, 0.2) is 79.4 Å². The second-order valence-electron chi connectivity index (χ2n) is 7.33. The Labute approximate surface area is 185 Å². The summed E-state index contributed by atoms with van der Waals surface area (Å²) < 4.78 is 5.33. The second kappa shape index (κ2) is 8.85. The van der Waals surface area contributed by atoms with Crippen molar-refractivity contribution in [1.82, 2.24) is 24.9 Å². The van der Waals surface area contributed by atoms with Gasteiger partial charge < -0.3 is 15.0 Å². The highest BCUT2D eigenvalue weighted by atomic mass is 16.5. The Morgan fingerprint density at radius 3 is 2.75 bits per heavy atom. The van der Waals surface area contributed by atoms with E-state index in [2.05, 4.69) is 44.7 Å². The molecular weight excluding hydrogens is 400 g/mol. The molecule has 2 N–H and O–H groups in total. The van der Waals surface area contributed by atoms with Gasteiger partial charge in [-0.05, 0) is 36.2 Å². The fourth-order valence-electron chi connectivity index (χ4n) is 3.63. The largest absolute Gasteiger partial charge is 0.495 e. The van der Waals surface area contributed by atoms with Gasteiger partial charge in [-0.15, -0.1) is 0 Å². The van der Waals surface area contributed by atoms with Crippen molar-refractivity contribution < 1.29 is 4.74 Å². The van der Waals surface area contributed by atoms with Crippen LogP contribution >= 0.6 is 0 Å². The number of benzene rings is 1. The molecule has 0 aliphatic carbocycles. The third-order valence-corrected chi connectivity index (χ3v) is 5.24. The van der Waals surface area contributed by atoms with E-state index in [4.69, 9.17) is 14.7 Å². The number of H-pyrrole nitrogens is 1. The molecule has 0 fully saturated rings. The molecule has 0 radical (unpaired) electrons. The predicted molar refractivity (Wildman–Crippen MR) is 126 cm³/mol. The number of pyridine rings is 2. The number of methoxy groups -OCH3 is 1. The van der Waals surface area contributed by atoms with Gasteiger partial charge in [0.1, 0.15) is 17.3 Å². The van der Waals surface area contributed by atoms with Crippen LogP contribution in [-0.2, 0) is 6.42 Å². The standard InChI is InChI=1S/C25H22N6O/c1-32-19-12-18(14-26-16-19)23-13-24(31-25(30-23)22-8-4-5-10-27-22)28-11-9-17-15-29-21-7-3-2-6-20(17)21/h2-8,10,12-16,29H,9,11H2,1H3,(H,28,30,31). The molecule has 158 valence electrons. The molecule has 0 aliphatic heterocycles. The van der Waals surface area contributed by atoms with E-state index in [0.717, 1.165) is 35.6 Å². The molecule has 4 aromatic heterocycles. The monoisotopic (exact) mass is 422 g/mol. The summed E-state index contributed by atoms with van der Waals surface area (Å²) in [6.45, 7) is 0.732. The van der Waals surface area contributed by atoms with Gasteiger partial charge >= 0.3 is 0 Å². The van der Waals surface area contributed by atoms with E-state index in [9.17, 15) is 0 Å². The van der Waals surface area contributed by atoms with Crippen molar-refractivity contribution in [2.45, 2.75) is 6.42 Å². The fourth-order valence-corrected chi connectivity index (χ4v) is 3.63. The first-order valence-electron chi connectivity index (χ1n) is 10.4. The predicted octanol–water partition coefficient (Wildman–Crippen LogP) is 4.75. The van der Waals surface area contributed by atoms with E-state index in [1.807, 2.05) is 36.4 Å². The van der Waals surface area contributed by atoms with Crippen LogP contribution in [0.5, 0.6) is 5.75 Å². The van der Waals surface area contributed by atoms with Crippen molar-refractivity contribution in [3.05, 3.63) is 84.9 Å². The number of ether oxygens (including phenoxy) is 1. The molecule has 4 heterocycles. The number of anilines is 1. The molecule has 7 nitrogen and oxygen atoms in total. The summed E-state index contributed by atoms with van der Waals surface area (Å²) in [6, 6.07) is 17.9. The molecule has 0 atom stereocenters. The fraction of sp³-hybridized carbons (Fsp3) is 0.120. The molecule has 0 amide bonds. The molecule has 32 heavy (non-hydrogen) atoms. The number of hydrogen-bond acceptors (Lipinski definition) is 6. The molecule has 5 aromatic rings. The summed E-state index contributed by atoms with van der Waals surface area (Å²) in [7, 11) is 1.62. The van der Waals surface area contributed by atoms with Crippen molar-refractivity contribution in [3.63, 3.8) is 0 Å². The third-order valence-electron chi connectivity index (χ3n) is 5.24. The molecule has 0 saturated carbocycles. The number of nitrogens with zero attached hydrogens (tertiary/aromatic N) is 4. The van der Waals surface area contributed by atoms with Gasteiger partial charge in [0.25, 0.3) is 0 Å². The molecule has 5 rings (SSSR count). The average molecular weight is 422 g/mol. The number of aromatic amines is 1. The Bertz CT molecular complexity index is 1350. The van der Waals surface area contributed by atoms with Gasteiger partial charge in [-0.25, -0.2) is 9.97 Å². The van der Waals surface area contributed by atoms with Gasteiger partial charge in [0, 0.05) is 47.7 Å². The topological polar surface area (TPSA) is 88.6 Å². The average Bonchev–Trinajstić information content (AvgIpc) is 3.27. The first kappa shape index (κ1) is 19.7. The van der Waals surface area contributed by atoms with Crippen LogP contribution < -0.4 is 10.1 Å². The number of fused-ring (bicyclic) bond motifs is 1. The molecule has 0 saturated heterocycles. The highest BCUT2D eigenvalue weighted by Crippen LogP contribution is 2.26. The zero-order valence-electron chi connectivity index (χ0n) is 17.6. The first-order valence-corrected chi connectivity index (χ1v) is 10.4. The van der Waals surface area contributed by atoms with Crippen molar-refractivity contribution in [2.24, 2.45) is 0 Å². The summed E-state index contributed by atoms with van der Waals surface area (Å²) in [6.07, 6.45) is 8.11. The Morgan fingerprint density at radius 1 is 0.969 bits per heavy atom. The lowest BCUT2D eigenvalue weighted by molar-refractivity contribution is 0.413.